The third-order valence-electron chi connectivity index (χ3n) is 3.71. The van der Waals surface area contributed by atoms with Crippen molar-refractivity contribution in [2.24, 2.45) is 0 Å². The zero-order chi connectivity index (χ0) is 14.8. The molecule has 1 aromatic heterocycles. The van der Waals surface area contributed by atoms with E-state index in [1.54, 1.807) is 0 Å². The molecular weight excluding hydrogens is 254 g/mol. The fourth-order valence-corrected chi connectivity index (χ4v) is 2.74. The number of benzene rings is 2. The van der Waals surface area contributed by atoms with E-state index in [0.717, 1.165) is 5.57 Å². The first-order valence-electron chi connectivity index (χ1n) is 7.17. The van der Waals surface area contributed by atoms with Gasteiger partial charge in [0.2, 0.25) is 0 Å². The Bertz CT molecular complexity index is 820. The Kier molecular flexibility index (Phi) is 3.49. The Morgan fingerprint density at radius 2 is 1.67 bits per heavy atom. The van der Waals surface area contributed by atoms with Crippen molar-refractivity contribution in [3.8, 4) is 5.69 Å². The summed E-state index contributed by atoms with van der Waals surface area (Å²) < 4.78 is 2.31. The Hall–Kier alpha value is -2.54. The quantitative estimate of drug-likeness (QED) is 0.553. The number of rotatable bonds is 3. The van der Waals surface area contributed by atoms with Gasteiger partial charge in [-0.2, -0.15) is 0 Å². The molecule has 3 rings (SSSR count). The van der Waals surface area contributed by atoms with Gasteiger partial charge in [0.05, 0.1) is 5.52 Å². The van der Waals surface area contributed by atoms with Crippen LogP contribution in [0, 0.1) is 6.92 Å². The maximum atomic E-state index is 3.95. The van der Waals surface area contributed by atoms with E-state index in [4.69, 9.17) is 0 Å². The largest absolute Gasteiger partial charge is 0.313 e. The molecule has 0 unspecified atom stereocenters. The first-order chi connectivity index (χ1) is 10.2. The zero-order valence-corrected chi connectivity index (χ0v) is 12.5. The van der Waals surface area contributed by atoms with Crippen molar-refractivity contribution in [3.63, 3.8) is 0 Å². The Balaban J connectivity index is 2.31. The summed E-state index contributed by atoms with van der Waals surface area (Å²) in [6, 6.07) is 19.0. The van der Waals surface area contributed by atoms with Crippen LogP contribution in [0.4, 0.5) is 0 Å². The highest BCUT2D eigenvalue weighted by Crippen LogP contribution is 2.30. The molecule has 0 atom stereocenters. The van der Waals surface area contributed by atoms with Gasteiger partial charge in [-0.3, -0.25) is 0 Å². The summed E-state index contributed by atoms with van der Waals surface area (Å²) in [4.78, 5) is 0. The normalized spacial score (nSPS) is 11.3. The molecule has 1 nitrogen and oxygen atoms in total. The summed E-state index contributed by atoms with van der Waals surface area (Å²) in [5.74, 6) is 0. The molecule has 0 spiro atoms. The van der Waals surface area contributed by atoms with E-state index < -0.39 is 0 Å². The average molecular weight is 273 g/mol. The maximum Gasteiger partial charge on any atom is 0.0537 e. The van der Waals surface area contributed by atoms with Crippen LogP contribution >= 0.6 is 0 Å². The van der Waals surface area contributed by atoms with Crippen LogP contribution in [0.25, 0.3) is 22.7 Å². The van der Waals surface area contributed by atoms with Gasteiger partial charge in [0, 0.05) is 22.3 Å². The van der Waals surface area contributed by atoms with Gasteiger partial charge in [0.1, 0.15) is 0 Å². The van der Waals surface area contributed by atoms with Crippen LogP contribution in [-0.4, -0.2) is 4.57 Å². The van der Waals surface area contributed by atoms with Crippen molar-refractivity contribution in [1.29, 1.82) is 0 Å². The summed E-state index contributed by atoms with van der Waals surface area (Å²) in [5.41, 5.74) is 6.01. The zero-order valence-electron chi connectivity index (χ0n) is 12.5. The third kappa shape index (κ3) is 2.43. The first-order valence-corrected chi connectivity index (χ1v) is 7.17. The van der Waals surface area contributed by atoms with Crippen molar-refractivity contribution >= 4 is 17.0 Å². The van der Waals surface area contributed by atoms with Crippen LogP contribution in [0.2, 0.25) is 0 Å². The minimum atomic E-state index is 1.06. The predicted molar refractivity (Wildman–Crippen MR) is 91.9 cm³/mol. The van der Waals surface area contributed by atoms with Crippen molar-refractivity contribution < 1.29 is 0 Å². The highest BCUT2D eigenvalue weighted by atomic mass is 15.0. The van der Waals surface area contributed by atoms with Gasteiger partial charge in [0.25, 0.3) is 0 Å². The minimum Gasteiger partial charge on any atom is -0.313 e. The topological polar surface area (TPSA) is 4.93 Å². The second kappa shape index (κ2) is 5.45. The van der Waals surface area contributed by atoms with Crippen LogP contribution in [0.15, 0.2) is 72.8 Å². The summed E-state index contributed by atoms with van der Waals surface area (Å²) in [5, 5.41) is 1.27. The van der Waals surface area contributed by atoms with E-state index in [2.05, 4.69) is 78.8 Å². The van der Waals surface area contributed by atoms with E-state index in [0.29, 0.717) is 0 Å². The average Bonchev–Trinajstić information content (AvgIpc) is 2.78. The van der Waals surface area contributed by atoms with Gasteiger partial charge in [-0.05, 0) is 32.0 Å². The van der Waals surface area contributed by atoms with Gasteiger partial charge in [0.15, 0.2) is 0 Å². The van der Waals surface area contributed by atoms with Crippen LogP contribution in [0.3, 0.4) is 0 Å². The minimum absolute atomic E-state index is 1.06. The third-order valence-corrected chi connectivity index (χ3v) is 3.71. The molecule has 0 aliphatic rings. The molecule has 104 valence electrons. The molecule has 0 fully saturated rings. The lowest BCUT2D eigenvalue weighted by Crippen LogP contribution is -1.95. The van der Waals surface area contributed by atoms with Crippen molar-refractivity contribution in [1.82, 2.24) is 4.57 Å². The van der Waals surface area contributed by atoms with Crippen LogP contribution in [0.5, 0.6) is 0 Å². The molecule has 21 heavy (non-hydrogen) atoms. The molecule has 2 aromatic carbocycles. The lowest BCUT2D eigenvalue weighted by Gasteiger charge is -2.08. The van der Waals surface area contributed by atoms with Gasteiger partial charge >= 0.3 is 0 Å². The second-order valence-electron chi connectivity index (χ2n) is 5.37. The SMILES string of the molecule is C=C(C)/C=C\c1c(C)n(-c2ccccc2)c2ccccc12. The smallest absolute Gasteiger partial charge is 0.0537 e. The van der Waals surface area contributed by atoms with Crippen LogP contribution in [-0.2, 0) is 0 Å². The van der Waals surface area contributed by atoms with Crippen molar-refractivity contribution in [2.45, 2.75) is 13.8 Å². The molecular formula is C20H19N. The Morgan fingerprint density at radius 3 is 2.38 bits per heavy atom. The highest BCUT2D eigenvalue weighted by Gasteiger charge is 2.12. The number of fused-ring (bicyclic) bond motifs is 1. The second-order valence-corrected chi connectivity index (χ2v) is 5.37. The van der Waals surface area contributed by atoms with Gasteiger partial charge in [-0.15, -0.1) is 0 Å². The first kappa shape index (κ1) is 13.4. The number of hydrogen-bond acceptors (Lipinski definition) is 0. The molecule has 0 radical (unpaired) electrons. The number of nitrogens with zero attached hydrogens (tertiary/aromatic N) is 1. The van der Waals surface area contributed by atoms with E-state index in [1.807, 2.05) is 13.0 Å². The fraction of sp³-hybridized carbons (Fsp3) is 0.100. The molecule has 0 aliphatic heterocycles. The molecule has 1 heterocycles. The van der Waals surface area contributed by atoms with Gasteiger partial charge < -0.3 is 4.57 Å². The highest BCUT2D eigenvalue weighted by molar-refractivity contribution is 5.92. The van der Waals surface area contributed by atoms with Crippen LogP contribution < -0.4 is 0 Å². The van der Waals surface area contributed by atoms with E-state index in [9.17, 15) is 0 Å². The molecule has 1 heteroatoms. The van der Waals surface area contributed by atoms with Crippen LogP contribution in [0.1, 0.15) is 18.2 Å². The molecule has 0 saturated heterocycles. The summed E-state index contributed by atoms with van der Waals surface area (Å²) in [7, 11) is 0. The number of hydrogen-bond donors (Lipinski definition) is 0. The number of para-hydroxylation sites is 2. The molecule has 0 saturated carbocycles. The summed E-state index contributed by atoms with van der Waals surface area (Å²) >= 11 is 0. The van der Waals surface area contributed by atoms with Gasteiger partial charge in [-0.1, -0.05) is 60.7 Å². The van der Waals surface area contributed by atoms with Crippen molar-refractivity contribution in [3.05, 3.63) is 84.1 Å². The lowest BCUT2D eigenvalue weighted by molar-refractivity contribution is 1.05. The number of allylic oxidation sites excluding steroid dienone is 2. The Labute approximate surface area is 125 Å². The van der Waals surface area contributed by atoms with E-state index in [-0.39, 0.29) is 0 Å². The molecule has 0 aliphatic carbocycles. The Morgan fingerprint density at radius 1 is 1.00 bits per heavy atom. The monoisotopic (exact) mass is 273 g/mol. The van der Waals surface area contributed by atoms with E-state index >= 15 is 0 Å². The summed E-state index contributed by atoms with van der Waals surface area (Å²) in [6.45, 7) is 8.14. The van der Waals surface area contributed by atoms with Gasteiger partial charge in [-0.25, -0.2) is 0 Å². The maximum absolute atomic E-state index is 3.95. The fourth-order valence-electron chi connectivity index (χ4n) is 2.74. The van der Waals surface area contributed by atoms with Crippen molar-refractivity contribution in [2.75, 3.05) is 0 Å². The molecule has 0 amide bonds. The lowest BCUT2D eigenvalue weighted by atomic mass is 10.1. The molecule has 3 aromatic rings. The molecule has 0 N–H and O–H groups in total. The summed E-state index contributed by atoms with van der Waals surface area (Å²) in [6.07, 6.45) is 4.24. The molecule has 0 bridgehead atoms. The number of aromatic nitrogens is 1. The predicted octanol–water partition coefficient (Wildman–Crippen LogP) is 5.53. The van der Waals surface area contributed by atoms with E-state index in [1.165, 1.54) is 27.8 Å². The standard InChI is InChI=1S/C20H19N/c1-15(2)13-14-18-16(3)21(17-9-5-4-6-10-17)20-12-8-7-11-19(18)20/h4-14H,1H2,2-3H3/b14-13-.